The molecule has 2 rings (SSSR count). The molecule has 0 aliphatic heterocycles. The molecule has 96 valence electrons. The Bertz CT molecular complexity index is 561. The minimum atomic E-state index is 0.619. The highest BCUT2D eigenvalue weighted by Crippen LogP contribution is 2.30. The first kappa shape index (κ1) is 12.8. The van der Waals surface area contributed by atoms with Crippen LogP contribution in [0.15, 0.2) is 18.0 Å². The summed E-state index contributed by atoms with van der Waals surface area (Å²) >= 11 is 1.65. The average Bonchev–Trinajstić information content (AvgIpc) is 2.68. The van der Waals surface area contributed by atoms with E-state index in [-0.39, 0.29) is 0 Å². The van der Waals surface area contributed by atoms with Crippen LogP contribution in [-0.4, -0.2) is 35.6 Å². The van der Waals surface area contributed by atoms with Crippen molar-refractivity contribution in [2.45, 2.75) is 6.92 Å². The second-order valence-electron chi connectivity index (χ2n) is 4.17. The summed E-state index contributed by atoms with van der Waals surface area (Å²) in [5, 5.41) is 7.09. The number of anilines is 2. The van der Waals surface area contributed by atoms with Crippen LogP contribution in [0, 0.1) is 6.92 Å². The minimum Gasteiger partial charge on any atom is -0.351 e. The SMILES string of the molecule is C=CCNc1nc(NN(C)C)c2scc(C)c2n1. The van der Waals surface area contributed by atoms with Gasteiger partial charge in [-0.05, 0) is 17.9 Å². The van der Waals surface area contributed by atoms with Gasteiger partial charge in [-0.25, -0.2) is 9.99 Å². The highest BCUT2D eigenvalue weighted by Gasteiger charge is 2.11. The Kier molecular flexibility index (Phi) is 3.78. The molecule has 0 atom stereocenters. The molecule has 0 radical (unpaired) electrons. The molecule has 0 aliphatic carbocycles. The Morgan fingerprint density at radius 2 is 2.22 bits per heavy atom. The van der Waals surface area contributed by atoms with Crippen LogP contribution in [0.1, 0.15) is 5.56 Å². The van der Waals surface area contributed by atoms with E-state index in [0.29, 0.717) is 12.5 Å². The Morgan fingerprint density at radius 3 is 2.89 bits per heavy atom. The van der Waals surface area contributed by atoms with Gasteiger partial charge in [-0.3, -0.25) is 0 Å². The van der Waals surface area contributed by atoms with Crippen molar-refractivity contribution in [1.29, 1.82) is 0 Å². The zero-order chi connectivity index (χ0) is 13.1. The first-order valence-corrected chi connectivity index (χ1v) is 6.54. The molecule has 18 heavy (non-hydrogen) atoms. The Hall–Kier alpha value is -1.66. The van der Waals surface area contributed by atoms with E-state index < -0.39 is 0 Å². The molecule has 2 N–H and O–H groups in total. The van der Waals surface area contributed by atoms with Crippen LogP contribution in [0.3, 0.4) is 0 Å². The molecule has 2 aromatic rings. The summed E-state index contributed by atoms with van der Waals surface area (Å²) in [7, 11) is 3.87. The number of thiophene rings is 1. The van der Waals surface area contributed by atoms with E-state index in [2.05, 4.69) is 39.6 Å². The fraction of sp³-hybridized carbons (Fsp3) is 0.333. The van der Waals surface area contributed by atoms with Gasteiger partial charge in [-0.1, -0.05) is 6.08 Å². The number of hydrogen-bond donors (Lipinski definition) is 2. The second-order valence-corrected chi connectivity index (χ2v) is 5.05. The predicted molar refractivity (Wildman–Crippen MR) is 78.1 cm³/mol. The first-order chi connectivity index (χ1) is 8.61. The van der Waals surface area contributed by atoms with Crippen LogP contribution in [0.5, 0.6) is 0 Å². The summed E-state index contributed by atoms with van der Waals surface area (Å²) in [5.74, 6) is 1.45. The fourth-order valence-electron chi connectivity index (χ4n) is 1.56. The standard InChI is InChI=1S/C12H17N5S/c1-5-6-13-12-14-9-8(2)7-18-10(9)11(15-12)16-17(3)4/h5,7H,1,6H2,2-4H3,(H2,13,14,15,16). The van der Waals surface area contributed by atoms with Gasteiger partial charge in [-0.2, -0.15) is 4.98 Å². The lowest BCUT2D eigenvalue weighted by Gasteiger charge is -2.14. The third-order valence-corrected chi connectivity index (χ3v) is 3.42. The van der Waals surface area contributed by atoms with Crippen molar-refractivity contribution < 1.29 is 0 Å². The molecule has 0 bridgehead atoms. The molecule has 0 amide bonds. The van der Waals surface area contributed by atoms with Gasteiger partial charge in [0.2, 0.25) is 5.95 Å². The average molecular weight is 263 g/mol. The molecule has 0 saturated heterocycles. The normalized spacial score (nSPS) is 10.9. The van der Waals surface area contributed by atoms with Crippen molar-refractivity contribution in [3.05, 3.63) is 23.6 Å². The van der Waals surface area contributed by atoms with Gasteiger partial charge >= 0.3 is 0 Å². The van der Waals surface area contributed by atoms with Gasteiger partial charge in [0.15, 0.2) is 5.82 Å². The van der Waals surface area contributed by atoms with Gasteiger partial charge in [0.1, 0.15) is 0 Å². The second kappa shape index (κ2) is 5.32. The van der Waals surface area contributed by atoms with Gasteiger partial charge in [0, 0.05) is 20.6 Å². The maximum absolute atomic E-state index is 4.52. The lowest BCUT2D eigenvalue weighted by atomic mass is 10.3. The van der Waals surface area contributed by atoms with E-state index in [1.54, 1.807) is 17.4 Å². The highest BCUT2D eigenvalue weighted by atomic mass is 32.1. The van der Waals surface area contributed by atoms with Crippen molar-refractivity contribution in [2.24, 2.45) is 0 Å². The molecular weight excluding hydrogens is 246 g/mol. The quantitative estimate of drug-likeness (QED) is 0.641. The summed E-state index contributed by atoms with van der Waals surface area (Å²) in [6.45, 7) is 6.38. The molecule has 6 heteroatoms. The van der Waals surface area contributed by atoms with Gasteiger partial charge in [0.25, 0.3) is 0 Å². The summed E-state index contributed by atoms with van der Waals surface area (Å²) in [5.41, 5.74) is 5.36. The number of hydrazine groups is 1. The molecule has 0 unspecified atom stereocenters. The van der Waals surface area contributed by atoms with E-state index in [1.807, 2.05) is 19.1 Å². The third-order valence-electron chi connectivity index (χ3n) is 2.33. The summed E-state index contributed by atoms with van der Waals surface area (Å²) < 4.78 is 1.07. The number of nitrogens with one attached hydrogen (secondary N) is 2. The number of nitrogens with zero attached hydrogens (tertiary/aromatic N) is 3. The molecule has 0 aromatic carbocycles. The van der Waals surface area contributed by atoms with Gasteiger partial charge in [-0.15, -0.1) is 17.9 Å². The Balaban J connectivity index is 2.47. The molecule has 2 aromatic heterocycles. The summed E-state index contributed by atoms with van der Waals surface area (Å²) in [6, 6.07) is 0. The van der Waals surface area contributed by atoms with Gasteiger partial charge in [0.05, 0.1) is 10.2 Å². The highest BCUT2D eigenvalue weighted by molar-refractivity contribution is 7.18. The lowest BCUT2D eigenvalue weighted by Crippen LogP contribution is -2.21. The van der Waals surface area contributed by atoms with Gasteiger partial charge < -0.3 is 10.7 Å². The lowest BCUT2D eigenvalue weighted by molar-refractivity contribution is 0.493. The van der Waals surface area contributed by atoms with Crippen LogP contribution in [-0.2, 0) is 0 Å². The summed E-state index contributed by atoms with van der Waals surface area (Å²) in [4.78, 5) is 9.00. The van der Waals surface area contributed by atoms with E-state index in [9.17, 15) is 0 Å². The van der Waals surface area contributed by atoms with E-state index in [4.69, 9.17) is 0 Å². The zero-order valence-corrected chi connectivity index (χ0v) is 11.6. The number of hydrogen-bond acceptors (Lipinski definition) is 6. The monoisotopic (exact) mass is 263 g/mol. The van der Waals surface area contributed by atoms with Crippen LogP contribution in [0.4, 0.5) is 11.8 Å². The van der Waals surface area contributed by atoms with Crippen molar-refractivity contribution in [3.63, 3.8) is 0 Å². The van der Waals surface area contributed by atoms with E-state index >= 15 is 0 Å². The Morgan fingerprint density at radius 1 is 1.44 bits per heavy atom. The molecular formula is C12H17N5S. The number of aryl methyl sites for hydroxylation is 1. The first-order valence-electron chi connectivity index (χ1n) is 5.66. The van der Waals surface area contributed by atoms with E-state index in [0.717, 1.165) is 16.0 Å². The van der Waals surface area contributed by atoms with Crippen LogP contribution in [0.2, 0.25) is 0 Å². The van der Waals surface area contributed by atoms with Crippen molar-refractivity contribution in [2.75, 3.05) is 31.4 Å². The number of rotatable bonds is 5. The van der Waals surface area contributed by atoms with Crippen molar-refractivity contribution in [1.82, 2.24) is 15.0 Å². The van der Waals surface area contributed by atoms with Crippen LogP contribution < -0.4 is 10.7 Å². The molecule has 2 heterocycles. The predicted octanol–water partition coefficient (Wildman–Crippen LogP) is 2.49. The van der Waals surface area contributed by atoms with Crippen LogP contribution in [0.25, 0.3) is 10.2 Å². The largest absolute Gasteiger partial charge is 0.351 e. The number of fused-ring (bicyclic) bond motifs is 1. The zero-order valence-electron chi connectivity index (χ0n) is 10.8. The molecule has 5 nitrogen and oxygen atoms in total. The summed E-state index contributed by atoms with van der Waals surface area (Å²) in [6.07, 6.45) is 1.78. The van der Waals surface area contributed by atoms with Crippen LogP contribution >= 0.6 is 11.3 Å². The molecule has 0 spiro atoms. The van der Waals surface area contributed by atoms with E-state index in [1.165, 1.54) is 5.56 Å². The topological polar surface area (TPSA) is 53.1 Å². The van der Waals surface area contributed by atoms with Crippen molar-refractivity contribution >= 4 is 33.3 Å². The maximum Gasteiger partial charge on any atom is 0.225 e. The Labute approximate surface area is 111 Å². The molecule has 0 fully saturated rings. The molecule has 0 saturated carbocycles. The van der Waals surface area contributed by atoms with Crippen molar-refractivity contribution in [3.8, 4) is 0 Å². The number of aromatic nitrogens is 2. The third kappa shape index (κ3) is 2.60. The maximum atomic E-state index is 4.52. The molecule has 0 aliphatic rings. The minimum absolute atomic E-state index is 0.619. The smallest absolute Gasteiger partial charge is 0.225 e. The fourth-order valence-corrected chi connectivity index (χ4v) is 2.49.